The van der Waals surface area contributed by atoms with E-state index < -0.39 is 10.0 Å². The molecule has 0 aliphatic rings. The molecule has 0 aliphatic carbocycles. The number of nitrogens with two attached hydrogens (primary N) is 1. The minimum atomic E-state index is -3.79. The van der Waals surface area contributed by atoms with E-state index in [9.17, 15) is 13.2 Å². The molecule has 0 saturated carbocycles. The van der Waals surface area contributed by atoms with Crippen molar-refractivity contribution in [3.05, 3.63) is 71.0 Å². The summed E-state index contributed by atoms with van der Waals surface area (Å²) in [5.41, 5.74) is 1.53. The largest absolute Gasteiger partial charge is 0.494 e. The van der Waals surface area contributed by atoms with Gasteiger partial charge >= 0.3 is 0 Å². The van der Waals surface area contributed by atoms with Crippen LogP contribution in [0.5, 0.6) is 5.75 Å². The molecule has 0 spiro atoms. The summed E-state index contributed by atoms with van der Waals surface area (Å²) >= 11 is 0. The van der Waals surface area contributed by atoms with E-state index in [4.69, 9.17) is 9.88 Å². The summed E-state index contributed by atoms with van der Waals surface area (Å²) in [5.74, 6) is 0.753. The molecule has 26 heavy (non-hydrogen) atoms. The zero-order valence-electron chi connectivity index (χ0n) is 14.0. The molecule has 0 fully saturated rings. The van der Waals surface area contributed by atoms with Gasteiger partial charge in [-0.05, 0) is 61.5 Å². The van der Waals surface area contributed by atoms with Crippen LogP contribution < -0.4 is 15.4 Å². The summed E-state index contributed by atoms with van der Waals surface area (Å²) in [6.45, 7) is 2.49. The lowest BCUT2D eigenvalue weighted by atomic mass is 10.1. The molecule has 134 valence electrons. The third-order valence-electron chi connectivity index (χ3n) is 3.67. The molecule has 8 heteroatoms. The third-order valence-corrected chi connectivity index (χ3v) is 4.60. The van der Waals surface area contributed by atoms with Crippen molar-refractivity contribution < 1.29 is 13.2 Å². The zero-order chi connectivity index (χ0) is 18.7. The molecule has 0 atom stereocenters. The third kappa shape index (κ3) is 3.81. The van der Waals surface area contributed by atoms with Crippen LogP contribution in [0.1, 0.15) is 6.92 Å². The van der Waals surface area contributed by atoms with Crippen LogP contribution >= 0.6 is 0 Å². The van der Waals surface area contributed by atoms with Gasteiger partial charge in [0.15, 0.2) is 0 Å². The number of ether oxygens (including phenoxy) is 1. The maximum absolute atomic E-state index is 12.2. The average molecular weight is 371 g/mol. The molecule has 0 amide bonds. The minimum absolute atomic E-state index is 0.0306. The van der Waals surface area contributed by atoms with Gasteiger partial charge in [0.25, 0.3) is 5.56 Å². The highest BCUT2D eigenvalue weighted by Crippen LogP contribution is 2.20. The van der Waals surface area contributed by atoms with Crippen molar-refractivity contribution in [1.29, 1.82) is 0 Å². The first-order valence-electron chi connectivity index (χ1n) is 7.85. The summed E-state index contributed by atoms with van der Waals surface area (Å²) in [6, 6.07) is 16.0. The Hall–Kier alpha value is -2.97. The van der Waals surface area contributed by atoms with Crippen LogP contribution in [0, 0.1) is 0 Å². The zero-order valence-corrected chi connectivity index (χ0v) is 14.8. The molecule has 7 nitrogen and oxygen atoms in total. The molecule has 3 aromatic rings. The quantitative estimate of drug-likeness (QED) is 0.738. The second-order valence-electron chi connectivity index (χ2n) is 5.46. The van der Waals surface area contributed by atoms with Gasteiger partial charge in [-0.15, -0.1) is 0 Å². The first kappa shape index (κ1) is 17.8. The fraction of sp³-hybridized carbons (Fsp3) is 0.111. The Labute approximate surface area is 150 Å². The van der Waals surface area contributed by atoms with E-state index in [1.807, 2.05) is 31.2 Å². The molecule has 2 N–H and O–H groups in total. The van der Waals surface area contributed by atoms with Gasteiger partial charge in [-0.25, -0.2) is 13.6 Å². The van der Waals surface area contributed by atoms with Gasteiger partial charge in [-0.3, -0.25) is 4.79 Å². The van der Waals surface area contributed by atoms with Crippen molar-refractivity contribution in [2.24, 2.45) is 5.14 Å². The van der Waals surface area contributed by atoms with E-state index in [2.05, 4.69) is 5.10 Å². The standard InChI is InChI=1S/C18H17N3O4S/c1-2-25-15-7-3-13(4-8-15)17-11-12-18(22)21(20-17)14-5-9-16(10-6-14)26(19,23)24/h3-12H,2H2,1H3,(H2,19,23,24). The summed E-state index contributed by atoms with van der Waals surface area (Å²) in [5, 5.41) is 9.45. The lowest BCUT2D eigenvalue weighted by Crippen LogP contribution is -2.20. The van der Waals surface area contributed by atoms with Gasteiger partial charge in [0, 0.05) is 11.6 Å². The van der Waals surface area contributed by atoms with Crippen LogP contribution in [-0.4, -0.2) is 24.8 Å². The van der Waals surface area contributed by atoms with Crippen molar-refractivity contribution in [3.63, 3.8) is 0 Å². The van der Waals surface area contributed by atoms with Crippen molar-refractivity contribution >= 4 is 10.0 Å². The summed E-state index contributed by atoms with van der Waals surface area (Å²) in [4.78, 5) is 12.1. The summed E-state index contributed by atoms with van der Waals surface area (Å²) in [7, 11) is -3.79. The van der Waals surface area contributed by atoms with Gasteiger partial charge in [-0.2, -0.15) is 9.78 Å². The van der Waals surface area contributed by atoms with Crippen LogP contribution in [0.25, 0.3) is 16.9 Å². The molecule has 0 radical (unpaired) electrons. The second-order valence-corrected chi connectivity index (χ2v) is 7.03. The number of primary sulfonamides is 1. The Morgan fingerprint density at radius 2 is 1.65 bits per heavy atom. The van der Waals surface area contributed by atoms with Gasteiger partial charge in [0.1, 0.15) is 5.75 Å². The van der Waals surface area contributed by atoms with Gasteiger partial charge in [0.05, 0.1) is 22.9 Å². The number of aromatic nitrogens is 2. The van der Waals surface area contributed by atoms with Crippen molar-refractivity contribution in [3.8, 4) is 22.7 Å². The summed E-state index contributed by atoms with van der Waals surface area (Å²) < 4.78 is 29.3. The summed E-state index contributed by atoms with van der Waals surface area (Å²) in [6.07, 6.45) is 0. The Morgan fingerprint density at radius 1 is 1.00 bits per heavy atom. The van der Waals surface area contributed by atoms with E-state index in [-0.39, 0.29) is 10.5 Å². The second kappa shape index (κ2) is 7.11. The molecule has 0 unspecified atom stereocenters. The van der Waals surface area contributed by atoms with E-state index >= 15 is 0 Å². The first-order valence-corrected chi connectivity index (χ1v) is 9.40. The van der Waals surface area contributed by atoms with Gasteiger partial charge in [-0.1, -0.05) is 0 Å². The lowest BCUT2D eigenvalue weighted by Gasteiger charge is -2.09. The fourth-order valence-electron chi connectivity index (χ4n) is 2.42. The smallest absolute Gasteiger partial charge is 0.271 e. The predicted molar refractivity (Wildman–Crippen MR) is 97.8 cm³/mol. The Kier molecular flexibility index (Phi) is 4.88. The van der Waals surface area contributed by atoms with E-state index in [0.29, 0.717) is 18.0 Å². The molecule has 3 rings (SSSR count). The van der Waals surface area contributed by atoms with E-state index in [1.165, 1.54) is 35.0 Å². The predicted octanol–water partition coefficient (Wildman–Crippen LogP) is 1.95. The molecule has 1 heterocycles. The van der Waals surface area contributed by atoms with Crippen LogP contribution in [0.4, 0.5) is 0 Å². The van der Waals surface area contributed by atoms with Crippen LogP contribution in [-0.2, 0) is 10.0 Å². The normalized spacial score (nSPS) is 11.3. The van der Waals surface area contributed by atoms with Gasteiger partial charge < -0.3 is 4.74 Å². The highest BCUT2D eigenvalue weighted by molar-refractivity contribution is 7.89. The van der Waals surface area contributed by atoms with Crippen LogP contribution in [0.15, 0.2) is 70.4 Å². The maximum Gasteiger partial charge on any atom is 0.271 e. The number of benzene rings is 2. The maximum atomic E-state index is 12.2. The number of hydrogen-bond acceptors (Lipinski definition) is 5. The highest BCUT2D eigenvalue weighted by atomic mass is 32.2. The number of sulfonamides is 1. The van der Waals surface area contributed by atoms with E-state index in [0.717, 1.165) is 11.3 Å². The lowest BCUT2D eigenvalue weighted by molar-refractivity contribution is 0.340. The minimum Gasteiger partial charge on any atom is -0.494 e. The van der Waals surface area contributed by atoms with Crippen LogP contribution in [0.3, 0.4) is 0 Å². The topological polar surface area (TPSA) is 104 Å². The number of hydrogen-bond donors (Lipinski definition) is 1. The number of rotatable bonds is 5. The first-order chi connectivity index (χ1) is 12.4. The average Bonchev–Trinajstić information content (AvgIpc) is 2.63. The Morgan fingerprint density at radius 3 is 2.23 bits per heavy atom. The monoisotopic (exact) mass is 371 g/mol. The molecule has 0 saturated heterocycles. The number of nitrogens with zero attached hydrogens (tertiary/aromatic N) is 2. The van der Waals surface area contributed by atoms with Crippen molar-refractivity contribution in [2.45, 2.75) is 11.8 Å². The molecule has 2 aromatic carbocycles. The highest BCUT2D eigenvalue weighted by Gasteiger charge is 2.09. The molecule has 0 aliphatic heterocycles. The molecule has 0 bridgehead atoms. The van der Waals surface area contributed by atoms with Crippen molar-refractivity contribution in [2.75, 3.05) is 6.61 Å². The Bertz CT molecular complexity index is 1070. The van der Waals surface area contributed by atoms with Gasteiger partial charge in [0.2, 0.25) is 10.0 Å². The van der Waals surface area contributed by atoms with Crippen LogP contribution in [0.2, 0.25) is 0 Å². The van der Waals surface area contributed by atoms with E-state index in [1.54, 1.807) is 6.07 Å². The molecular formula is C18H17N3O4S. The SMILES string of the molecule is CCOc1ccc(-c2ccc(=O)n(-c3ccc(S(N)(=O)=O)cc3)n2)cc1. The van der Waals surface area contributed by atoms with Crippen molar-refractivity contribution in [1.82, 2.24) is 9.78 Å². The molecule has 1 aromatic heterocycles. The fourth-order valence-corrected chi connectivity index (χ4v) is 2.93. The molecular weight excluding hydrogens is 354 g/mol. The Balaban J connectivity index is 1.99.